The number of halogens is 3. The lowest BCUT2D eigenvalue weighted by molar-refractivity contribution is -0.274. The number of benzene rings is 2. The number of aromatic nitrogens is 4. The number of amides is 1. The Kier molecular flexibility index (Phi) is 7.81. The Bertz CT molecular complexity index is 1400. The maximum Gasteiger partial charge on any atom is 0.573 e. The van der Waals surface area contributed by atoms with Gasteiger partial charge in [-0.15, -0.1) is 13.2 Å². The Labute approximate surface area is 217 Å². The highest BCUT2D eigenvalue weighted by atomic mass is 19.4. The van der Waals surface area contributed by atoms with E-state index in [4.69, 9.17) is 4.52 Å². The summed E-state index contributed by atoms with van der Waals surface area (Å²) in [4.78, 5) is 20.9. The molecule has 0 saturated heterocycles. The van der Waals surface area contributed by atoms with Crippen molar-refractivity contribution in [2.24, 2.45) is 0 Å². The van der Waals surface area contributed by atoms with Gasteiger partial charge in [-0.3, -0.25) is 9.48 Å². The van der Waals surface area contributed by atoms with Gasteiger partial charge < -0.3 is 19.1 Å². The second-order valence-electron chi connectivity index (χ2n) is 9.05. The van der Waals surface area contributed by atoms with Crippen LogP contribution >= 0.6 is 0 Å². The molecule has 38 heavy (non-hydrogen) atoms. The minimum atomic E-state index is -4.77. The Morgan fingerprint density at radius 2 is 1.79 bits per heavy atom. The predicted molar refractivity (Wildman–Crippen MR) is 133 cm³/mol. The number of alkyl halides is 3. The number of nitrogens with zero attached hydrogens (tertiary/aromatic N) is 6. The van der Waals surface area contributed by atoms with Gasteiger partial charge in [0.15, 0.2) is 5.69 Å². The molecule has 0 bridgehead atoms. The molecule has 4 rings (SSSR count). The van der Waals surface area contributed by atoms with Gasteiger partial charge in [0.2, 0.25) is 5.82 Å². The van der Waals surface area contributed by atoms with Crippen molar-refractivity contribution in [3.63, 3.8) is 0 Å². The third-order valence-electron chi connectivity index (χ3n) is 5.71. The Morgan fingerprint density at radius 1 is 1.05 bits per heavy atom. The molecular formula is C26H27F3N6O3. The van der Waals surface area contributed by atoms with Gasteiger partial charge in [-0.1, -0.05) is 17.3 Å². The molecule has 0 radical (unpaired) electrons. The molecule has 0 spiro atoms. The van der Waals surface area contributed by atoms with Crippen molar-refractivity contribution in [2.75, 3.05) is 34.2 Å². The second kappa shape index (κ2) is 11.1. The molecule has 0 unspecified atom stereocenters. The molecule has 4 aromatic rings. The van der Waals surface area contributed by atoms with E-state index in [0.717, 1.165) is 17.8 Å². The Hall–Kier alpha value is -4.19. The highest BCUT2D eigenvalue weighted by Crippen LogP contribution is 2.27. The highest BCUT2D eigenvalue weighted by Gasteiger charge is 2.31. The molecular weight excluding hydrogens is 501 g/mol. The van der Waals surface area contributed by atoms with Crippen molar-refractivity contribution in [2.45, 2.75) is 19.8 Å². The van der Waals surface area contributed by atoms with E-state index >= 15 is 0 Å². The highest BCUT2D eigenvalue weighted by molar-refractivity contribution is 5.94. The number of carbonyl (C=O) groups is 1. The van der Waals surface area contributed by atoms with Gasteiger partial charge in [0.25, 0.3) is 11.8 Å². The largest absolute Gasteiger partial charge is 0.573 e. The van der Waals surface area contributed by atoms with Gasteiger partial charge in [-0.25, -0.2) is 0 Å². The standard InChI is InChI=1S/C26H27F3N6O3/c1-17-14-22(24-30-23(32-38-24)19-8-10-21(11-9-19)37-26(27,28)29)31-35(17)16-18-6-5-7-20(15-18)25(36)34(4)13-12-33(2)3/h5-11,14-15H,12-13,16H2,1-4H3. The van der Waals surface area contributed by atoms with Gasteiger partial charge in [-0.2, -0.15) is 10.1 Å². The van der Waals surface area contributed by atoms with Crippen LogP contribution in [0.5, 0.6) is 5.75 Å². The van der Waals surface area contributed by atoms with Crippen LogP contribution < -0.4 is 4.74 Å². The summed E-state index contributed by atoms with van der Waals surface area (Å²) in [6.45, 7) is 3.70. The van der Waals surface area contributed by atoms with Crippen LogP contribution in [0.1, 0.15) is 21.6 Å². The smallest absolute Gasteiger partial charge is 0.406 e. The summed E-state index contributed by atoms with van der Waals surface area (Å²) >= 11 is 0. The third kappa shape index (κ3) is 6.76. The molecule has 0 aliphatic heterocycles. The minimum absolute atomic E-state index is 0.0528. The number of hydrogen-bond acceptors (Lipinski definition) is 7. The normalized spacial score (nSPS) is 11.7. The molecule has 2 heterocycles. The first-order chi connectivity index (χ1) is 18.0. The fourth-order valence-corrected chi connectivity index (χ4v) is 3.67. The van der Waals surface area contributed by atoms with E-state index in [2.05, 4.69) is 20.0 Å². The van der Waals surface area contributed by atoms with Crippen LogP contribution in [-0.2, 0) is 6.54 Å². The van der Waals surface area contributed by atoms with Crippen LogP contribution in [0.25, 0.3) is 23.0 Å². The monoisotopic (exact) mass is 528 g/mol. The second-order valence-corrected chi connectivity index (χ2v) is 9.05. The SMILES string of the molecule is Cc1cc(-c2nc(-c3ccc(OC(F)(F)F)cc3)no2)nn1Cc1cccc(C(=O)N(C)CCN(C)C)c1. The maximum absolute atomic E-state index is 12.8. The van der Waals surface area contributed by atoms with Gasteiger partial charge in [0.05, 0.1) is 6.54 Å². The summed E-state index contributed by atoms with van der Waals surface area (Å²) in [7, 11) is 5.71. The van der Waals surface area contributed by atoms with Crippen LogP contribution in [0.3, 0.4) is 0 Å². The fraction of sp³-hybridized carbons (Fsp3) is 0.308. The topological polar surface area (TPSA) is 89.5 Å². The van der Waals surface area contributed by atoms with Crippen molar-refractivity contribution in [1.29, 1.82) is 0 Å². The molecule has 0 atom stereocenters. The number of rotatable bonds is 9. The zero-order valence-corrected chi connectivity index (χ0v) is 21.4. The van der Waals surface area contributed by atoms with Crippen molar-refractivity contribution < 1.29 is 27.2 Å². The van der Waals surface area contributed by atoms with Gasteiger partial charge >= 0.3 is 6.36 Å². The summed E-state index contributed by atoms with van der Waals surface area (Å²) in [6, 6.07) is 14.4. The van der Waals surface area contributed by atoms with E-state index in [9.17, 15) is 18.0 Å². The number of likely N-dealkylation sites (N-methyl/N-ethyl adjacent to an activating group) is 2. The molecule has 0 aliphatic carbocycles. The Balaban J connectivity index is 1.46. The molecule has 12 heteroatoms. The molecule has 9 nitrogen and oxygen atoms in total. The van der Waals surface area contributed by atoms with Crippen LogP contribution in [0.4, 0.5) is 13.2 Å². The first-order valence-electron chi connectivity index (χ1n) is 11.7. The van der Waals surface area contributed by atoms with Gasteiger partial charge in [0, 0.05) is 37.0 Å². The quantitative estimate of drug-likeness (QED) is 0.316. The molecule has 1 amide bonds. The van der Waals surface area contributed by atoms with Crippen molar-refractivity contribution in [3.05, 3.63) is 71.4 Å². The number of ether oxygens (including phenoxy) is 1. The van der Waals surface area contributed by atoms with Crippen molar-refractivity contribution in [3.8, 4) is 28.7 Å². The minimum Gasteiger partial charge on any atom is -0.406 e. The van der Waals surface area contributed by atoms with Gasteiger partial charge in [0.1, 0.15) is 5.75 Å². The van der Waals surface area contributed by atoms with E-state index in [1.807, 2.05) is 44.1 Å². The summed E-state index contributed by atoms with van der Waals surface area (Å²) < 4.78 is 48.1. The molecule has 0 aliphatic rings. The zero-order valence-electron chi connectivity index (χ0n) is 21.4. The van der Waals surface area contributed by atoms with E-state index in [1.165, 1.54) is 24.3 Å². The number of aryl methyl sites for hydroxylation is 1. The number of hydrogen-bond donors (Lipinski definition) is 0. The van der Waals surface area contributed by atoms with Crippen LogP contribution in [-0.4, -0.2) is 76.2 Å². The van der Waals surface area contributed by atoms with E-state index < -0.39 is 6.36 Å². The maximum atomic E-state index is 12.8. The molecule has 0 N–H and O–H groups in total. The predicted octanol–water partition coefficient (Wildman–Crippen LogP) is 4.49. The first-order valence-corrected chi connectivity index (χ1v) is 11.7. The molecule has 200 valence electrons. The number of carbonyl (C=O) groups excluding carboxylic acids is 1. The Morgan fingerprint density at radius 3 is 2.47 bits per heavy atom. The van der Waals surface area contributed by atoms with E-state index in [1.54, 1.807) is 28.8 Å². The average molecular weight is 529 g/mol. The summed E-state index contributed by atoms with van der Waals surface area (Å²) in [5, 5.41) is 8.49. The molecule has 2 aromatic carbocycles. The molecule has 0 fully saturated rings. The molecule has 0 saturated carbocycles. The van der Waals surface area contributed by atoms with Gasteiger partial charge in [-0.05, 0) is 69.0 Å². The van der Waals surface area contributed by atoms with Crippen LogP contribution in [0.2, 0.25) is 0 Å². The summed E-state index contributed by atoms with van der Waals surface area (Å²) in [5.74, 6) is -0.0208. The van der Waals surface area contributed by atoms with Crippen LogP contribution in [0, 0.1) is 6.92 Å². The summed E-state index contributed by atoms with van der Waals surface area (Å²) in [6.07, 6.45) is -4.77. The van der Waals surface area contributed by atoms with Crippen LogP contribution in [0.15, 0.2) is 59.1 Å². The molecule has 2 aromatic heterocycles. The van der Waals surface area contributed by atoms with E-state index in [0.29, 0.717) is 29.9 Å². The zero-order chi connectivity index (χ0) is 27.4. The van der Waals surface area contributed by atoms with E-state index in [-0.39, 0.29) is 23.4 Å². The summed E-state index contributed by atoms with van der Waals surface area (Å²) in [5.41, 5.74) is 3.26. The lowest BCUT2D eigenvalue weighted by Gasteiger charge is -2.20. The lowest BCUT2D eigenvalue weighted by atomic mass is 10.1. The van der Waals surface area contributed by atoms with Crippen molar-refractivity contribution in [1.82, 2.24) is 29.7 Å². The third-order valence-corrected chi connectivity index (χ3v) is 5.71. The lowest BCUT2D eigenvalue weighted by Crippen LogP contribution is -2.33. The first kappa shape index (κ1) is 26.9. The fourth-order valence-electron chi connectivity index (χ4n) is 3.67. The average Bonchev–Trinajstić information content (AvgIpc) is 3.49. The van der Waals surface area contributed by atoms with Crippen molar-refractivity contribution >= 4 is 5.91 Å².